The summed E-state index contributed by atoms with van der Waals surface area (Å²) in [5.74, 6) is 0.873. The molecule has 0 aliphatic heterocycles. The Morgan fingerprint density at radius 1 is 1.29 bits per heavy atom. The van der Waals surface area contributed by atoms with Gasteiger partial charge in [-0.3, -0.25) is 4.68 Å². The van der Waals surface area contributed by atoms with E-state index in [2.05, 4.69) is 46.8 Å². The maximum absolute atomic E-state index is 5.21. The average Bonchev–Trinajstić information content (AvgIpc) is 2.88. The minimum atomic E-state index is 0.237. The van der Waals surface area contributed by atoms with Crippen LogP contribution in [0.5, 0.6) is 5.75 Å². The van der Waals surface area contributed by atoms with Crippen molar-refractivity contribution < 1.29 is 4.74 Å². The molecule has 0 bridgehead atoms. The third-order valence-electron chi connectivity index (χ3n) is 3.40. The lowest BCUT2D eigenvalue weighted by atomic mass is 10.1. The number of likely N-dealkylation sites (N-methyl/N-ethyl adjacent to an activating group) is 1. The number of nitrogens with zero attached hydrogens (tertiary/aromatic N) is 4. The number of aromatic nitrogens is 3. The molecular weight excluding hydrogens is 266 g/mol. The lowest BCUT2D eigenvalue weighted by Crippen LogP contribution is -2.31. The fraction of sp³-hybridized carbons (Fsp3) is 0.467. The fourth-order valence-electron chi connectivity index (χ4n) is 2.19. The van der Waals surface area contributed by atoms with E-state index >= 15 is 0 Å². The Morgan fingerprint density at radius 2 is 2.00 bits per heavy atom. The zero-order valence-corrected chi connectivity index (χ0v) is 13.1. The first-order valence-corrected chi connectivity index (χ1v) is 6.95. The van der Waals surface area contributed by atoms with Crippen LogP contribution in [-0.4, -0.2) is 47.6 Å². The van der Waals surface area contributed by atoms with Crippen molar-refractivity contribution in [2.75, 3.05) is 27.7 Å². The average molecular weight is 289 g/mol. The first-order chi connectivity index (χ1) is 10.1. The standard InChI is InChI=1S/C15H23N5O/c1-19(2)11-15(12-5-7-14(21-4)8-6-12)16-9-13-10-17-18-20(13)3/h5-8,10,15-16H,9,11H2,1-4H3. The Kier molecular flexibility index (Phi) is 5.30. The van der Waals surface area contributed by atoms with Crippen molar-refractivity contribution in [1.29, 1.82) is 0 Å². The van der Waals surface area contributed by atoms with Crippen LogP contribution in [0, 0.1) is 0 Å². The monoisotopic (exact) mass is 289 g/mol. The van der Waals surface area contributed by atoms with Crippen molar-refractivity contribution in [1.82, 2.24) is 25.2 Å². The van der Waals surface area contributed by atoms with Crippen LogP contribution in [0.1, 0.15) is 17.3 Å². The van der Waals surface area contributed by atoms with Gasteiger partial charge in [0.25, 0.3) is 0 Å². The summed E-state index contributed by atoms with van der Waals surface area (Å²) < 4.78 is 7.00. The van der Waals surface area contributed by atoms with Crippen LogP contribution >= 0.6 is 0 Å². The number of benzene rings is 1. The zero-order chi connectivity index (χ0) is 15.2. The highest BCUT2D eigenvalue weighted by Crippen LogP contribution is 2.18. The molecule has 1 atom stereocenters. The van der Waals surface area contributed by atoms with Crippen molar-refractivity contribution in [3.05, 3.63) is 41.7 Å². The third-order valence-corrected chi connectivity index (χ3v) is 3.40. The third kappa shape index (κ3) is 4.27. The van der Waals surface area contributed by atoms with Gasteiger partial charge in [0.15, 0.2) is 0 Å². The molecule has 0 saturated carbocycles. The second-order valence-electron chi connectivity index (χ2n) is 5.32. The summed E-state index contributed by atoms with van der Waals surface area (Å²) in [6.45, 7) is 1.64. The summed E-state index contributed by atoms with van der Waals surface area (Å²) in [6.07, 6.45) is 1.79. The predicted molar refractivity (Wildman–Crippen MR) is 82.1 cm³/mol. The molecule has 6 heteroatoms. The van der Waals surface area contributed by atoms with Crippen molar-refractivity contribution >= 4 is 0 Å². The molecule has 1 N–H and O–H groups in total. The molecule has 21 heavy (non-hydrogen) atoms. The Hall–Kier alpha value is -1.92. The normalized spacial score (nSPS) is 12.6. The molecule has 1 aromatic heterocycles. The molecular formula is C15H23N5O. The van der Waals surface area contributed by atoms with Crippen LogP contribution in [0.3, 0.4) is 0 Å². The molecule has 2 rings (SSSR count). The van der Waals surface area contributed by atoms with E-state index in [4.69, 9.17) is 4.74 Å². The van der Waals surface area contributed by atoms with Crippen molar-refractivity contribution in [2.45, 2.75) is 12.6 Å². The molecule has 1 aromatic carbocycles. The van der Waals surface area contributed by atoms with Crippen LogP contribution in [0.2, 0.25) is 0 Å². The predicted octanol–water partition coefficient (Wildman–Crippen LogP) is 1.22. The van der Waals surface area contributed by atoms with E-state index in [1.54, 1.807) is 18.0 Å². The van der Waals surface area contributed by atoms with Crippen LogP contribution in [0.25, 0.3) is 0 Å². The number of rotatable bonds is 7. The number of hydrogen-bond donors (Lipinski definition) is 1. The number of hydrogen-bond acceptors (Lipinski definition) is 5. The minimum Gasteiger partial charge on any atom is -0.497 e. The molecule has 0 amide bonds. The van der Waals surface area contributed by atoms with Gasteiger partial charge in [-0.2, -0.15) is 0 Å². The van der Waals surface area contributed by atoms with E-state index in [0.29, 0.717) is 0 Å². The first-order valence-electron chi connectivity index (χ1n) is 6.95. The highest BCUT2D eigenvalue weighted by molar-refractivity contribution is 5.29. The molecule has 0 radical (unpaired) electrons. The van der Waals surface area contributed by atoms with Gasteiger partial charge in [-0.15, -0.1) is 5.10 Å². The highest BCUT2D eigenvalue weighted by atomic mass is 16.5. The lowest BCUT2D eigenvalue weighted by molar-refractivity contribution is 0.338. The minimum absolute atomic E-state index is 0.237. The Bertz CT molecular complexity index is 549. The number of ether oxygens (including phenoxy) is 1. The molecule has 0 saturated heterocycles. The summed E-state index contributed by atoms with van der Waals surface area (Å²) in [7, 11) is 7.73. The van der Waals surface area contributed by atoms with Gasteiger partial charge in [0.05, 0.1) is 19.0 Å². The summed E-state index contributed by atoms with van der Waals surface area (Å²) >= 11 is 0. The van der Waals surface area contributed by atoms with E-state index in [-0.39, 0.29) is 6.04 Å². The summed E-state index contributed by atoms with van der Waals surface area (Å²) in [6, 6.07) is 8.42. The number of nitrogens with one attached hydrogen (secondary N) is 1. The molecule has 0 fully saturated rings. The maximum Gasteiger partial charge on any atom is 0.118 e. The van der Waals surface area contributed by atoms with Crippen molar-refractivity contribution in [2.24, 2.45) is 7.05 Å². The van der Waals surface area contributed by atoms with Crippen molar-refractivity contribution in [3.8, 4) is 5.75 Å². The van der Waals surface area contributed by atoms with E-state index in [1.807, 2.05) is 19.2 Å². The molecule has 1 unspecified atom stereocenters. The van der Waals surface area contributed by atoms with Crippen LogP contribution < -0.4 is 10.1 Å². The summed E-state index contributed by atoms with van der Waals surface area (Å²) in [4.78, 5) is 2.17. The molecule has 6 nitrogen and oxygen atoms in total. The largest absolute Gasteiger partial charge is 0.497 e. The van der Waals surface area contributed by atoms with Gasteiger partial charge in [0.1, 0.15) is 5.75 Å². The van der Waals surface area contributed by atoms with Gasteiger partial charge in [0.2, 0.25) is 0 Å². The van der Waals surface area contributed by atoms with E-state index in [1.165, 1.54) is 5.56 Å². The Balaban J connectivity index is 2.07. The quantitative estimate of drug-likeness (QED) is 0.830. The van der Waals surface area contributed by atoms with Gasteiger partial charge in [-0.1, -0.05) is 17.3 Å². The van der Waals surface area contributed by atoms with Gasteiger partial charge in [-0.25, -0.2) is 0 Å². The molecule has 0 aliphatic rings. The fourth-order valence-corrected chi connectivity index (χ4v) is 2.19. The number of aryl methyl sites for hydroxylation is 1. The van der Waals surface area contributed by atoms with Crippen LogP contribution in [-0.2, 0) is 13.6 Å². The lowest BCUT2D eigenvalue weighted by Gasteiger charge is -2.23. The van der Waals surface area contributed by atoms with Gasteiger partial charge < -0.3 is 15.0 Å². The summed E-state index contributed by atoms with van der Waals surface area (Å²) in [5.41, 5.74) is 2.30. The highest BCUT2D eigenvalue weighted by Gasteiger charge is 2.13. The van der Waals surface area contributed by atoms with Crippen molar-refractivity contribution in [3.63, 3.8) is 0 Å². The second-order valence-corrected chi connectivity index (χ2v) is 5.32. The van der Waals surface area contributed by atoms with Crippen LogP contribution in [0.15, 0.2) is 30.5 Å². The molecule has 0 spiro atoms. The molecule has 114 valence electrons. The SMILES string of the molecule is COc1ccc(C(CN(C)C)NCc2cnnn2C)cc1. The van der Waals surface area contributed by atoms with Gasteiger partial charge >= 0.3 is 0 Å². The van der Waals surface area contributed by atoms with E-state index in [0.717, 1.165) is 24.5 Å². The smallest absolute Gasteiger partial charge is 0.118 e. The maximum atomic E-state index is 5.21. The Labute approximate surface area is 125 Å². The summed E-state index contributed by atoms with van der Waals surface area (Å²) in [5, 5.41) is 11.4. The molecule has 2 aromatic rings. The molecule has 0 aliphatic carbocycles. The first kappa shape index (κ1) is 15.5. The van der Waals surface area contributed by atoms with Gasteiger partial charge in [0, 0.05) is 26.2 Å². The number of methoxy groups -OCH3 is 1. The molecule has 1 heterocycles. The van der Waals surface area contributed by atoms with Crippen LogP contribution in [0.4, 0.5) is 0 Å². The topological polar surface area (TPSA) is 55.2 Å². The second kappa shape index (κ2) is 7.19. The van der Waals surface area contributed by atoms with Gasteiger partial charge in [-0.05, 0) is 31.8 Å². The van der Waals surface area contributed by atoms with E-state index in [9.17, 15) is 0 Å². The zero-order valence-electron chi connectivity index (χ0n) is 13.1. The van der Waals surface area contributed by atoms with E-state index < -0.39 is 0 Å². The Morgan fingerprint density at radius 3 is 2.52 bits per heavy atom.